The summed E-state index contributed by atoms with van der Waals surface area (Å²) in [6.45, 7) is 1.91. The summed E-state index contributed by atoms with van der Waals surface area (Å²) in [6.07, 6.45) is 3.32. The van der Waals surface area contributed by atoms with Gasteiger partial charge in [0.1, 0.15) is 11.8 Å². The molecule has 2 heterocycles. The number of nitriles is 1. The molecule has 0 radical (unpaired) electrons. The number of nitrogens with two attached hydrogens (primary N) is 1. The van der Waals surface area contributed by atoms with Crippen LogP contribution in [-0.2, 0) is 0 Å². The van der Waals surface area contributed by atoms with Crippen LogP contribution in [-0.4, -0.2) is 9.97 Å². The molecule has 2 aromatic heterocycles. The topological polar surface area (TPSA) is 75.6 Å². The van der Waals surface area contributed by atoms with Crippen molar-refractivity contribution < 1.29 is 0 Å². The van der Waals surface area contributed by atoms with Gasteiger partial charge in [-0.15, -0.1) is 0 Å². The van der Waals surface area contributed by atoms with Gasteiger partial charge in [-0.3, -0.25) is 4.98 Å². The van der Waals surface area contributed by atoms with Crippen LogP contribution in [0.15, 0.2) is 45.6 Å². The van der Waals surface area contributed by atoms with E-state index in [1.54, 1.807) is 24.5 Å². The van der Waals surface area contributed by atoms with Crippen molar-refractivity contribution in [3.63, 3.8) is 0 Å². The summed E-state index contributed by atoms with van der Waals surface area (Å²) in [5.41, 5.74) is 6.95. The molecule has 0 amide bonds. The van der Waals surface area contributed by atoms with Crippen molar-refractivity contribution in [2.24, 2.45) is 5.73 Å². The van der Waals surface area contributed by atoms with Gasteiger partial charge < -0.3 is 5.73 Å². The predicted octanol–water partition coefficient (Wildman–Crippen LogP) is 3.58. The highest BCUT2D eigenvalue weighted by Gasteiger charge is 1.99. The Morgan fingerprint density at radius 1 is 1.16 bits per heavy atom. The predicted molar refractivity (Wildman–Crippen MR) is 81.2 cm³/mol. The zero-order chi connectivity index (χ0) is 14.3. The molecular weight excluding hydrogens is 372 g/mol. The first-order chi connectivity index (χ1) is 9.02. The number of nitrogens with zero attached hydrogens (tertiary/aromatic N) is 3. The monoisotopic (exact) mass is 382 g/mol. The third kappa shape index (κ3) is 5.92. The Labute approximate surface area is 128 Å². The Hall–Kier alpha value is -1.29. The molecule has 6 heteroatoms. The first-order valence-corrected chi connectivity index (χ1v) is 7.00. The third-order valence-electron chi connectivity index (χ3n) is 2.05. The SMILES string of the molecule is CC(N)c1cc(Br)ccn1.N#Cc1cc(Br)ccn1. The summed E-state index contributed by atoms with van der Waals surface area (Å²) >= 11 is 6.55. The molecule has 2 rings (SSSR count). The Morgan fingerprint density at radius 3 is 2.11 bits per heavy atom. The maximum atomic E-state index is 8.33. The van der Waals surface area contributed by atoms with Gasteiger partial charge >= 0.3 is 0 Å². The quantitative estimate of drug-likeness (QED) is 0.816. The summed E-state index contributed by atoms with van der Waals surface area (Å²) in [5, 5.41) is 8.33. The van der Waals surface area contributed by atoms with Gasteiger partial charge in [-0.05, 0) is 31.2 Å². The second-order valence-corrected chi connectivity index (χ2v) is 5.49. The molecular formula is C13H12Br2N4. The normalized spacial score (nSPS) is 10.9. The molecule has 0 spiro atoms. The van der Waals surface area contributed by atoms with E-state index in [4.69, 9.17) is 11.0 Å². The van der Waals surface area contributed by atoms with Gasteiger partial charge in [0.2, 0.25) is 0 Å². The molecule has 4 nitrogen and oxygen atoms in total. The minimum Gasteiger partial charge on any atom is -0.323 e. The van der Waals surface area contributed by atoms with Gasteiger partial charge in [-0.2, -0.15) is 5.26 Å². The van der Waals surface area contributed by atoms with Crippen LogP contribution in [0.1, 0.15) is 24.4 Å². The maximum absolute atomic E-state index is 8.33. The van der Waals surface area contributed by atoms with Crippen LogP contribution in [0.25, 0.3) is 0 Å². The zero-order valence-corrected chi connectivity index (χ0v) is 13.4. The first kappa shape index (κ1) is 15.8. The van der Waals surface area contributed by atoms with Crippen molar-refractivity contribution in [1.82, 2.24) is 9.97 Å². The number of hydrogen-bond donors (Lipinski definition) is 1. The highest BCUT2D eigenvalue weighted by molar-refractivity contribution is 9.10. The summed E-state index contributed by atoms with van der Waals surface area (Å²) < 4.78 is 1.91. The number of rotatable bonds is 1. The molecule has 98 valence electrons. The van der Waals surface area contributed by atoms with Crippen LogP contribution >= 0.6 is 31.9 Å². The van der Waals surface area contributed by atoms with Crippen molar-refractivity contribution in [2.75, 3.05) is 0 Å². The molecule has 0 saturated carbocycles. The zero-order valence-electron chi connectivity index (χ0n) is 10.2. The second kappa shape index (κ2) is 8.00. The number of hydrogen-bond acceptors (Lipinski definition) is 4. The van der Waals surface area contributed by atoms with Crippen molar-refractivity contribution in [1.29, 1.82) is 5.26 Å². The van der Waals surface area contributed by atoms with E-state index in [1.165, 1.54) is 0 Å². The minimum absolute atomic E-state index is 0.0116. The molecule has 0 aliphatic carbocycles. The Balaban J connectivity index is 0.000000191. The molecule has 0 fully saturated rings. The van der Waals surface area contributed by atoms with E-state index in [9.17, 15) is 0 Å². The largest absolute Gasteiger partial charge is 0.323 e. The van der Waals surface area contributed by atoms with Crippen LogP contribution < -0.4 is 5.73 Å². The molecule has 1 atom stereocenters. The summed E-state index contributed by atoms with van der Waals surface area (Å²) in [5.74, 6) is 0. The lowest BCUT2D eigenvalue weighted by molar-refractivity contribution is 0.780. The van der Waals surface area contributed by atoms with Crippen molar-refractivity contribution in [3.8, 4) is 6.07 Å². The molecule has 0 bridgehead atoms. The Kier molecular flexibility index (Phi) is 6.64. The second-order valence-electron chi connectivity index (χ2n) is 3.66. The highest BCUT2D eigenvalue weighted by Crippen LogP contribution is 2.12. The summed E-state index contributed by atoms with van der Waals surface area (Å²) in [6, 6.07) is 9.19. The fourth-order valence-electron chi connectivity index (χ4n) is 1.14. The molecule has 2 N–H and O–H groups in total. The maximum Gasteiger partial charge on any atom is 0.141 e. The summed E-state index contributed by atoms with van der Waals surface area (Å²) in [7, 11) is 0. The van der Waals surface area contributed by atoms with Gasteiger partial charge in [0.15, 0.2) is 0 Å². The molecule has 1 unspecified atom stereocenters. The molecule has 0 aliphatic rings. The van der Waals surface area contributed by atoms with E-state index in [-0.39, 0.29) is 6.04 Å². The van der Waals surface area contributed by atoms with Crippen LogP contribution in [0, 0.1) is 11.3 Å². The molecule has 2 aromatic rings. The van der Waals surface area contributed by atoms with Gasteiger partial charge in [-0.25, -0.2) is 4.98 Å². The van der Waals surface area contributed by atoms with E-state index in [2.05, 4.69) is 41.8 Å². The lowest BCUT2D eigenvalue weighted by atomic mass is 10.2. The van der Waals surface area contributed by atoms with E-state index >= 15 is 0 Å². The number of aromatic nitrogens is 2. The van der Waals surface area contributed by atoms with Gasteiger partial charge in [-0.1, -0.05) is 31.9 Å². The minimum atomic E-state index is 0.0116. The number of pyridine rings is 2. The molecule has 0 saturated heterocycles. The lowest BCUT2D eigenvalue weighted by Gasteiger charge is -2.02. The smallest absolute Gasteiger partial charge is 0.141 e. The fraction of sp³-hybridized carbons (Fsp3) is 0.154. The molecule has 0 aromatic carbocycles. The van der Waals surface area contributed by atoms with Crippen molar-refractivity contribution in [2.45, 2.75) is 13.0 Å². The third-order valence-corrected chi connectivity index (χ3v) is 3.03. The lowest BCUT2D eigenvalue weighted by Crippen LogP contribution is -2.06. The van der Waals surface area contributed by atoms with Gasteiger partial charge in [0, 0.05) is 27.4 Å². The summed E-state index contributed by atoms with van der Waals surface area (Å²) in [4.78, 5) is 7.85. The van der Waals surface area contributed by atoms with Crippen LogP contribution in [0.3, 0.4) is 0 Å². The number of halogens is 2. The standard InChI is InChI=1S/C7H9BrN2.C6H3BrN2/c1-5(9)7-4-6(8)2-3-10-7;7-5-1-2-9-6(3-5)4-8/h2-5H,9H2,1H3;1-3H. The van der Waals surface area contributed by atoms with E-state index in [0.29, 0.717) is 5.69 Å². The van der Waals surface area contributed by atoms with E-state index < -0.39 is 0 Å². The van der Waals surface area contributed by atoms with Crippen LogP contribution in [0.2, 0.25) is 0 Å². The van der Waals surface area contributed by atoms with E-state index in [1.807, 2.05) is 25.1 Å². The molecule has 19 heavy (non-hydrogen) atoms. The van der Waals surface area contributed by atoms with E-state index in [0.717, 1.165) is 14.6 Å². The van der Waals surface area contributed by atoms with Crippen LogP contribution in [0.4, 0.5) is 0 Å². The first-order valence-electron chi connectivity index (χ1n) is 5.41. The van der Waals surface area contributed by atoms with Gasteiger partial charge in [0.05, 0.1) is 5.69 Å². The van der Waals surface area contributed by atoms with Gasteiger partial charge in [0.25, 0.3) is 0 Å². The Bertz CT molecular complexity index is 579. The Morgan fingerprint density at radius 2 is 1.74 bits per heavy atom. The average molecular weight is 384 g/mol. The highest BCUT2D eigenvalue weighted by atomic mass is 79.9. The molecule has 0 aliphatic heterocycles. The fourth-order valence-corrected chi connectivity index (χ4v) is 1.82. The average Bonchev–Trinajstić information content (AvgIpc) is 2.39. The van der Waals surface area contributed by atoms with Crippen molar-refractivity contribution in [3.05, 3.63) is 57.0 Å². The van der Waals surface area contributed by atoms with Crippen LogP contribution in [0.5, 0.6) is 0 Å². The van der Waals surface area contributed by atoms with Crippen molar-refractivity contribution >= 4 is 31.9 Å².